The van der Waals surface area contributed by atoms with Crippen LogP contribution in [0.1, 0.15) is 25.8 Å². The number of phenolic OH excluding ortho intramolecular Hbond substituents is 1. The molecular weight excluding hydrogens is 266 g/mol. The van der Waals surface area contributed by atoms with Crippen LogP contribution in [0.3, 0.4) is 0 Å². The second kappa shape index (κ2) is 8.64. The molecule has 0 bridgehead atoms. The first-order valence-electron chi connectivity index (χ1n) is 7.45. The zero-order valence-electron chi connectivity index (χ0n) is 13.2. The topological polar surface area (TPSA) is 78.6 Å². The third-order valence-electron chi connectivity index (χ3n) is 3.84. The van der Waals surface area contributed by atoms with Gasteiger partial charge in [-0.1, -0.05) is 19.1 Å². The number of likely N-dealkylation sites (N-methyl/N-ethyl adjacent to an activating group) is 1. The number of hydrogen-bond donors (Lipinski definition) is 3. The third-order valence-corrected chi connectivity index (χ3v) is 3.84. The van der Waals surface area contributed by atoms with Crippen LogP contribution in [-0.4, -0.2) is 48.1 Å². The summed E-state index contributed by atoms with van der Waals surface area (Å²) in [6, 6.07) is 6.69. The first-order valence-corrected chi connectivity index (χ1v) is 7.45. The molecule has 0 radical (unpaired) electrons. The summed E-state index contributed by atoms with van der Waals surface area (Å²) in [6.07, 6.45) is 1.55. The number of rotatable bonds is 8. The van der Waals surface area contributed by atoms with Gasteiger partial charge in [0.15, 0.2) is 0 Å². The van der Waals surface area contributed by atoms with Crippen molar-refractivity contribution in [2.75, 3.05) is 20.1 Å². The van der Waals surface area contributed by atoms with Gasteiger partial charge in [0.05, 0.1) is 6.04 Å². The molecule has 1 amide bonds. The number of nitrogens with two attached hydrogens (primary N) is 1. The Morgan fingerprint density at radius 3 is 2.57 bits per heavy atom. The fraction of sp³-hybridized carbons (Fsp3) is 0.562. The third kappa shape index (κ3) is 6.14. The van der Waals surface area contributed by atoms with E-state index in [1.807, 2.05) is 0 Å². The molecule has 2 atom stereocenters. The lowest BCUT2D eigenvalue weighted by molar-refractivity contribution is -0.122. The van der Waals surface area contributed by atoms with E-state index in [2.05, 4.69) is 31.1 Å². The van der Waals surface area contributed by atoms with Crippen LogP contribution >= 0.6 is 0 Å². The molecule has 0 saturated carbocycles. The summed E-state index contributed by atoms with van der Waals surface area (Å²) in [4.78, 5) is 14.1. The van der Waals surface area contributed by atoms with E-state index in [9.17, 15) is 9.90 Å². The molecular formula is C16H27N3O2. The molecule has 118 valence electrons. The Morgan fingerprint density at radius 1 is 1.38 bits per heavy atom. The van der Waals surface area contributed by atoms with E-state index in [4.69, 9.17) is 5.73 Å². The Balaban J connectivity index is 2.33. The maximum atomic E-state index is 11.9. The molecule has 0 aliphatic heterocycles. The Hall–Kier alpha value is -1.59. The predicted octanol–water partition coefficient (Wildman–Crippen LogP) is 1.11. The fourth-order valence-electron chi connectivity index (χ4n) is 2.00. The molecule has 5 heteroatoms. The zero-order valence-corrected chi connectivity index (χ0v) is 13.2. The standard InChI is InChI=1S/C16H27N3O2/c1-4-12(2)19(3)10-9-18-16(21)15(17)11-13-5-7-14(20)8-6-13/h5-8,12,15,20H,4,9-11,17H2,1-3H3,(H,18,21)/t12?,15-/m1/s1. The second-order valence-electron chi connectivity index (χ2n) is 5.51. The number of phenols is 1. The SMILES string of the molecule is CCC(C)N(C)CCNC(=O)[C@H](N)Cc1ccc(O)cc1. The van der Waals surface area contributed by atoms with Gasteiger partial charge < -0.3 is 21.1 Å². The van der Waals surface area contributed by atoms with Gasteiger partial charge in [-0.2, -0.15) is 0 Å². The van der Waals surface area contributed by atoms with Crippen molar-refractivity contribution in [2.45, 2.75) is 38.8 Å². The maximum Gasteiger partial charge on any atom is 0.237 e. The Kier molecular flexibility index (Phi) is 7.19. The normalized spacial score (nSPS) is 14.0. The average Bonchev–Trinajstić information content (AvgIpc) is 2.48. The van der Waals surface area contributed by atoms with Gasteiger partial charge in [0.2, 0.25) is 5.91 Å². The summed E-state index contributed by atoms with van der Waals surface area (Å²) in [7, 11) is 2.05. The van der Waals surface area contributed by atoms with Crippen LogP contribution in [0.4, 0.5) is 0 Å². The van der Waals surface area contributed by atoms with E-state index >= 15 is 0 Å². The van der Waals surface area contributed by atoms with Gasteiger partial charge >= 0.3 is 0 Å². The molecule has 0 fully saturated rings. The van der Waals surface area contributed by atoms with Crippen molar-refractivity contribution in [1.82, 2.24) is 10.2 Å². The largest absolute Gasteiger partial charge is 0.508 e. The number of carbonyl (C=O) groups excluding carboxylic acids is 1. The van der Waals surface area contributed by atoms with Crippen molar-refractivity contribution in [1.29, 1.82) is 0 Å². The predicted molar refractivity (Wildman–Crippen MR) is 85.2 cm³/mol. The molecule has 21 heavy (non-hydrogen) atoms. The molecule has 1 aromatic carbocycles. The van der Waals surface area contributed by atoms with E-state index in [1.54, 1.807) is 24.3 Å². The van der Waals surface area contributed by atoms with Crippen molar-refractivity contribution in [3.05, 3.63) is 29.8 Å². The van der Waals surface area contributed by atoms with Crippen LogP contribution in [0.25, 0.3) is 0 Å². The smallest absolute Gasteiger partial charge is 0.237 e. The highest BCUT2D eigenvalue weighted by Gasteiger charge is 2.14. The first kappa shape index (κ1) is 17.5. The van der Waals surface area contributed by atoms with Crippen molar-refractivity contribution >= 4 is 5.91 Å². The summed E-state index contributed by atoms with van der Waals surface area (Å²) in [5.41, 5.74) is 6.84. The molecule has 0 spiro atoms. The molecule has 0 aliphatic rings. The highest BCUT2D eigenvalue weighted by Crippen LogP contribution is 2.10. The van der Waals surface area contributed by atoms with E-state index < -0.39 is 6.04 Å². The fourth-order valence-corrected chi connectivity index (χ4v) is 2.00. The van der Waals surface area contributed by atoms with E-state index in [0.717, 1.165) is 18.5 Å². The molecule has 0 heterocycles. The molecule has 1 rings (SSSR count). The van der Waals surface area contributed by atoms with E-state index in [0.29, 0.717) is 19.0 Å². The zero-order chi connectivity index (χ0) is 15.8. The van der Waals surface area contributed by atoms with E-state index in [1.165, 1.54) is 0 Å². The number of carbonyl (C=O) groups is 1. The van der Waals surface area contributed by atoms with Gasteiger partial charge in [-0.05, 0) is 44.5 Å². The molecule has 1 unspecified atom stereocenters. The van der Waals surface area contributed by atoms with Crippen LogP contribution in [0.15, 0.2) is 24.3 Å². The maximum absolute atomic E-state index is 11.9. The Labute approximate surface area is 127 Å². The Bertz CT molecular complexity index is 434. The van der Waals surface area contributed by atoms with Crippen LogP contribution in [-0.2, 0) is 11.2 Å². The van der Waals surface area contributed by atoms with Crippen molar-refractivity contribution in [3.63, 3.8) is 0 Å². The average molecular weight is 293 g/mol. The van der Waals surface area contributed by atoms with Crippen molar-refractivity contribution in [3.8, 4) is 5.75 Å². The number of nitrogens with one attached hydrogen (secondary N) is 1. The van der Waals surface area contributed by atoms with Crippen molar-refractivity contribution in [2.24, 2.45) is 5.73 Å². The summed E-state index contributed by atoms with van der Waals surface area (Å²) in [5.74, 6) is 0.0745. The molecule has 4 N–H and O–H groups in total. The van der Waals surface area contributed by atoms with Gasteiger partial charge in [-0.3, -0.25) is 4.79 Å². The minimum absolute atomic E-state index is 0.138. The quantitative estimate of drug-likeness (QED) is 0.671. The second-order valence-corrected chi connectivity index (χ2v) is 5.51. The lowest BCUT2D eigenvalue weighted by atomic mass is 10.1. The lowest BCUT2D eigenvalue weighted by Gasteiger charge is -2.23. The van der Waals surface area contributed by atoms with Crippen LogP contribution in [0.2, 0.25) is 0 Å². The molecule has 0 aliphatic carbocycles. The highest BCUT2D eigenvalue weighted by molar-refractivity contribution is 5.81. The Morgan fingerprint density at radius 2 is 2.00 bits per heavy atom. The summed E-state index contributed by atoms with van der Waals surface area (Å²) < 4.78 is 0. The van der Waals surface area contributed by atoms with Gasteiger partial charge in [-0.25, -0.2) is 0 Å². The number of benzene rings is 1. The lowest BCUT2D eigenvalue weighted by Crippen LogP contribution is -2.45. The minimum Gasteiger partial charge on any atom is -0.508 e. The number of hydrogen-bond acceptors (Lipinski definition) is 4. The molecule has 1 aromatic rings. The van der Waals surface area contributed by atoms with Crippen molar-refractivity contribution < 1.29 is 9.90 Å². The summed E-state index contributed by atoms with van der Waals surface area (Å²) in [5, 5.41) is 12.1. The monoisotopic (exact) mass is 293 g/mol. The number of amides is 1. The summed E-state index contributed by atoms with van der Waals surface area (Å²) in [6.45, 7) is 5.72. The van der Waals surface area contributed by atoms with Crippen LogP contribution < -0.4 is 11.1 Å². The van der Waals surface area contributed by atoms with E-state index in [-0.39, 0.29) is 11.7 Å². The minimum atomic E-state index is -0.566. The van der Waals surface area contributed by atoms with Gasteiger partial charge in [0.25, 0.3) is 0 Å². The molecule has 0 saturated heterocycles. The van der Waals surface area contributed by atoms with Crippen LogP contribution in [0.5, 0.6) is 5.75 Å². The highest BCUT2D eigenvalue weighted by atomic mass is 16.3. The summed E-state index contributed by atoms with van der Waals surface area (Å²) >= 11 is 0. The van der Waals surface area contributed by atoms with Crippen LogP contribution in [0, 0.1) is 0 Å². The molecule has 0 aromatic heterocycles. The van der Waals surface area contributed by atoms with Gasteiger partial charge in [0.1, 0.15) is 5.75 Å². The number of nitrogens with zero attached hydrogens (tertiary/aromatic N) is 1. The number of aromatic hydroxyl groups is 1. The van der Waals surface area contributed by atoms with Gasteiger partial charge in [-0.15, -0.1) is 0 Å². The first-order chi connectivity index (χ1) is 9.93. The van der Waals surface area contributed by atoms with Gasteiger partial charge in [0, 0.05) is 19.1 Å². The molecule has 5 nitrogen and oxygen atoms in total.